The third-order valence-electron chi connectivity index (χ3n) is 3.52. The first-order valence-corrected chi connectivity index (χ1v) is 8.02. The van der Waals surface area contributed by atoms with Crippen molar-refractivity contribution < 1.29 is 14.3 Å². The van der Waals surface area contributed by atoms with Crippen LogP contribution in [-0.2, 0) is 14.3 Å². The summed E-state index contributed by atoms with van der Waals surface area (Å²) < 4.78 is 9.76. The van der Waals surface area contributed by atoms with Crippen LogP contribution in [-0.4, -0.2) is 39.4 Å². The Labute approximate surface area is 124 Å². The molecule has 1 saturated carbocycles. The van der Waals surface area contributed by atoms with Crippen molar-refractivity contribution in [3.05, 3.63) is 0 Å². The van der Waals surface area contributed by atoms with Crippen LogP contribution in [0, 0.1) is 5.92 Å². The second kappa shape index (κ2) is 13.4. The molecule has 0 aromatic rings. The Bertz CT molecular complexity index is 222. The lowest BCUT2D eigenvalue weighted by atomic mass is 10.1. The molecule has 4 heteroatoms. The van der Waals surface area contributed by atoms with Crippen molar-refractivity contribution in [2.45, 2.75) is 64.8 Å². The molecule has 120 valence electrons. The Morgan fingerprint density at radius 1 is 1.15 bits per heavy atom. The molecule has 4 nitrogen and oxygen atoms in total. The van der Waals surface area contributed by atoms with Gasteiger partial charge in [-0.2, -0.15) is 0 Å². The fraction of sp³-hybridized carbons (Fsp3) is 0.938. The van der Waals surface area contributed by atoms with E-state index >= 15 is 0 Å². The van der Waals surface area contributed by atoms with E-state index in [9.17, 15) is 4.79 Å². The molecule has 0 aromatic carbocycles. The average molecular weight is 287 g/mol. The fourth-order valence-corrected chi connectivity index (χ4v) is 2.31. The topological polar surface area (TPSA) is 47.6 Å². The summed E-state index contributed by atoms with van der Waals surface area (Å²) in [6.45, 7) is 6.12. The molecule has 1 heterocycles. The number of esters is 1. The number of hydrogen-bond acceptors (Lipinski definition) is 4. The zero-order chi connectivity index (χ0) is 15.2. The summed E-state index contributed by atoms with van der Waals surface area (Å²) in [6, 6.07) is 0.712. The predicted molar refractivity (Wildman–Crippen MR) is 82.8 cm³/mol. The van der Waals surface area contributed by atoms with E-state index in [4.69, 9.17) is 4.74 Å². The van der Waals surface area contributed by atoms with E-state index in [0.717, 1.165) is 26.1 Å². The zero-order valence-electron chi connectivity index (χ0n) is 13.7. The van der Waals surface area contributed by atoms with Gasteiger partial charge in [-0.15, -0.1) is 0 Å². The maximum absolute atomic E-state index is 10.8. The van der Waals surface area contributed by atoms with Gasteiger partial charge in [-0.1, -0.05) is 33.1 Å². The number of rotatable bonds is 2. The highest BCUT2D eigenvalue weighted by Gasteiger charge is 2.22. The highest BCUT2D eigenvalue weighted by Crippen LogP contribution is 2.25. The Kier molecular flexibility index (Phi) is 13.0. The monoisotopic (exact) mass is 287 g/mol. The molecule has 2 rings (SSSR count). The first kappa shape index (κ1) is 19.4. The molecule has 0 atom stereocenters. The summed E-state index contributed by atoms with van der Waals surface area (Å²) in [5, 5.41) is 3.22. The van der Waals surface area contributed by atoms with Gasteiger partial charge in [0, 0.05) is 19.3 Å². The Balaban J connectivity index is 0.000000304. The summed E-state index contributed by atoms with van der Waals surface area (Å²) in [5.41, 5.74) is 0. The standard InChI is InChI=1S/C7H12O2.C6H13NO.C3H8/c1-9-7(8)6-4-2-3-5-6;1-7-6-2-4-8-5-3-6;1-3-2/h6H,2-5H2,1H3;6-7H,2-5H2,1H3;3H2,1-2H3. The smallest absolute Gasteiger partial charge is 0.308 e. The lowest BCUT2D eigenvalue weighted by Crippen LogP contribution is -2.31. The van der Waals surface area contributed by atoms with Gasteiger partial charge in [0.25, 0.3) is 0 Å². The number of nitrogens with one attached hydrogen (secondary N) is 1. The van der Waals surface area contributed by atoms with Crippen molar-refractivity contribution in [1.82, 2.24) is 5.32 Å². The average Bonchev–Trinajstić information content (AvgIpc) is 3.03. The minimum absolute atomic E-state index is 0.0208. The van der Waals surface area contributed by atoms with Crippen LogP contribution in [0.1, 0.15) is 58.8 Å². The first-order chi connectivity index (χ1) is 9.69. The minimum Gasteiger partial charge on any atom is -0.469 e. The van der Waals surface area contributed by atoms with Gasteiger partial charge in [-0.05, 0) is 32.7 Å². The molecule has 20 heavy (non-hydrogen) atoms. The van der Waals surface area contributed by atoms with E-state index in [0.29, 0.717) is 6.04 Å². The third kappa shape index (κ3) is 9.32. The van der Waals surface area contributed by atoms with Crippen LogP contribution >= 0.6 is 0 Å². The second-order valence-corrected chi connectivity index (χ2v) is 5.39. The van der Waals surface area contributed by atoms with Crippen LogP contribution in [0.3, 0.4) is 0 Å². The summed E-state index contributed by atoms with van der Waals surface area (Å²) in [6.07, 6.45) is 8.06. The zero-order valence-corrected chi connectivity index (χ0v) is 13.7. The van der Waals surface area contributed by atoms with Gasteiger partial charge in [0.2, 0.25) is 0 Å². The largest absolute Gasteiger partial charge is 0.469 e. The van der Waals surface area contributed by atoms with Crippen molar-refractivity contribution in [2.75, 3.05) is 27.4 Å². The molecule has 1 saturated heterocycles. The van der Waals surface area contributed by atoms with Crippen LogP contribution in [0.25, 0.3) is 0 Å². The number of ether oxygens (including phenoxy) is 2. The molecular weight excluding hydrogens is 254 g/mol. The molecule has 1 N–H and O–H groups in total. The van der Waals surface area contributed by atoms with Crippen molar-refractivity contribution in [2.24, 2.45) is 5.92 Å². The van der Waals surface area contributed by atoms with E-state index in [-0.39, 0.29) is 11.9 Å². The molecule has 0 amide bonds. The highest BCUT2D eigenvalue weighted by atomic mass is 16.5. The lowest BCUT2D eigenvalue weighted by molar-refractivity contribution is -0.145. The van der Waals surface area contributed by atoms with Gasteiger partial charge in [-0.25, -0.2) is 0 Å². The Morgan fingerprint density at radius 2 is 1.65 bits per heavy atom. The van der Waals surface area contributed by atoms with Crippen LogP contribution in [0.5, 0.6) is 0 Å². The van der Waals surface area contributed by atoms with Gasteiger partial charge in [0.05, 0.1) is 13.0 Å². The molecule has 0 bridgehead atoms. The molecule has 2 fully saturated rings. The maximum Gasteiger partial charge on any atom is 0.308 e. The van der Waals surface area contributed by atoms with E-state index in [1.165, 1.54) is 39.2 Å². The molecule has 0 spiro atoms. The van der Waals surface area contributed by atoms with Gasteiger partial charge in [0.1, 0.15) is 0 Å². The number of carbonyl (C=O) groups excluding carboxylic acids is 1. The molecule has 0 aromatic heterocycles. The fourth-order valence-electron chi connectivity index (χ4n) is 2.31. The van der Waals surface area contributed by atoms with Gasteiger partial charge < -0.3 is 14.8 Å². The minimum atomic E-state index is -0.0208. The molecular formula is C16H33NO3. The van der Waals surface area contributed by atoms with Crippen molar-refractivity contribution >= 4 is 5.97 Å². The van der Waals surface area contributed by atoms with Crippen molar-refractivity contribution in [3.8, 4) is 0 Å². The van der Waals surface area contributed by atoms with Crippen molar-refractivity contribution in [3.63, 3.8) is 0 Å². The van der Waals surface area contributed by atoms with Gasteiger partial charge in [0.15, 0.2) is 0 Å². The molecule has 0 unspecified atom stereocenters. The Hall–Kier alpha value is -0.610. The summed E-state index contributed by atoms with van der Waals surface area (Å²) in [5.74, 6) is 0.197. The molecule has 1 aliphatic heterocycles. The third-order valence-corrected chi connectivity index (χ3v) is 3.52. The lowest BCUT2D eigenvalue weighted by Gasteiger charge is -2.20. The van der Waals surface area contributed by atoms with E-state index in [1.54, 1.807) is 0 Å². The van der Waals surface area contributed by atoms with Crippen LogP contribution < -0.4 is 5.32 Å². The Morgan fingerprint density at radius 3 is 2.00 bits per heavy atom. The molecule has 1 aliphatic carbocycles. The SMILES string of the molecule is CCC.CNC1CCOCC1.COC(=O)C1CCCC1. The maximum atomic E-state index is 10.8. The van der Waals surface area contributed by atoms with Crippen LogP contribution in [0.4, 0.5) is 0 Å². The van der Waals surface area contributed by atoms with Crippen LogP contribution in [0.2, 0.25) is 0 Å². The first-order valence-electron chi connectivity index (χ1n) is 8.02. The summed E-state index contributed by atoms with van der Waals surface area (Å²) >= 11 is 0. The van der Waals surface area contributed by atoms with Crippen molar-refractivity contribution in [1.29, 1.82) is 0 Å². The highest BCUT2D eigenvalue weighted by molar-refractivity contribution is 5.72. The van der Waals surface area contributed by atoms with Gasteiger partial charge >= 0.3 is 5.97 Å². The van der Waals surface area contributed by atoms with E-state index in [2.05, 4.69) is 23.9 Å². The van der Waals surface area contributed by atoms with Crippen LogP contribution in [0.15, 0.2) is 0 Å². The number of methoxy groups -OCH3 is 1. The van der Waals surface area contributed by atoms with E-state index in [1.807, 2.05) is 7.05 Å². The van der Waals surface area contributed by atoms with E-state index < -0.39 is 0 Å². The quantitative estimate of drug-likeness (QED) is 0.793. The predicted octanol–water partition coefficient (Wildman–Crippen LogP) is 3.15. The summed E-state index contributed by atoms with van der Waals surface area (Å²) in [4.78, 5) is 10.8. The second-order valence-electron chi connectivity index (χ2n) is 5.39. The molecule has 0 radical (unpaired) electrons. The number of carbonyl (C=O) groups is 1. The number of hydrogen-bond donors (Lipinski definition) is 1. The van der Waals surface area contributed by atoms with Gasteiger partial charge in [-0.3, -0.25) is 4.79 Å². The molecule has 2 aliphatic rings. The normalized spacial score (nSPS) is 19.4. The summed E-state index contributed by atoms with van der Waals surface area (Å²) in [7, 11) is 3.47.